The van der Waals surface area contributed by atoms with Gasteiger partial charge >= 0.3 is 5.97 Å². The Morgan fingerprint density at radius 1 is 1.11 bits per heavy atom. The van der Waals surface area contributed by atoms with Gasteiger partial charge in [0.2, 0.25) is 5.91 Å². The number of carboxylic acid groups (broad SMARTS) is 1. The van der Waals surface area contributed by atoms with Gasteiger partial charge in [-0.2, -0.15) is 0 Å². The van der Waals surface area contributed by atoms with Crippen molar-refractivity contribution in [3.63, 3.8) is 0 Å². The SMILES string of the molecule is CCCN(CCC)C(=O)CS(=O)(=O)CCC(=O)O. The van der Waals surface area contributed by atoms with Gasteiger partial charge in [0.15, 0.2) is 9.84 Å². The third kappa shape index (κ3) is 7.26. The molecule has 0 aliphatic rings. The number of sulfone groups is 1. The average Bonchev–Trinajstić information content (AvgIpc) is 2.25. The molecule has 0 aromatic heterocycles. The van der Waals surface area contributed by atoms with E-state index >= 15 is 0 Å². The Balaban J connectivity index is 4.46. The van der Waals surface area contributed by atoms with Crippen molar-refractivity contribution >= 4 is 21.7 Å². The molecule has 0 heterocycles. The molecule has 1 N–H and O–H groups in total. The summed E-state index contributed by atoms with van der Waals surface area (Å²) in [7, 11) is -3.63. The molecular formula is C11H21NO5S. The van der Waals surface area contributed by atoms with Crippen molar-refractivity contribution in [2.75, 3.05) is 24.6 Å². The monoisotopic (exact) mass is 279 g/mol. The molecular weight excluding hydrogens is 258 g/mol. The maximum atomic E-state index is 11.8. The third-order valence-electron chi connectivity index (χ3n) is 2.31. The van der Waals surface area contributed by atoms with Crippen molar-refractivity contribution in [1.29, 1.82) is 0 Å². The molecule has 0 aromatic carbocycles. The van der Waals surface area contributed by atoms with Crippen molar-refractivity contribution in [1.82, 2.24) is 4.90 Å². The fourth-order valence-corrected chi connectivity index (χ4v) is 2.68. The molecule has 0 aliphatic carbocycles. The van der Waals surface area contributed by atoms with Crippen molar-refractivity contribution < 1.29 is 23.1 Å². The first-order valence-corrected chi connectivity index (χ1v) is 7.84. The number of amides is 1. The molecule has 0 saturated heterocycles. The summed E-state index contributed by atoms with van der Waals surface area (Å²) in [6.45, 7) is 4.88. The van der Waals surface area contributed by atoms with Crippen LogP contribution in [0.2, 0.25) is 0 Å². The lowest BCUT2D eigenvalue weighted by Gasteiger charge is -2.21. The Kier molecular flexibility index (Phi) is 7.58. The largest absolute Gasteiger partial charge is 0.481 e. The fraction of sp³-hybridized carbons (Fsp3) is 0.818. The number of aliphatic carboxylic acids is 1. The first kappa shape index (κ1) is 16.9. The van der Waals surface area contributed by atoms with Gasteiger partial charge in [0.05, 0.1) is 12.2 Å². The van der Waals surface area contributed by atoms with Gasteiger partial charge in [-0.25, -0.2) is 8.42 Å². The van der Waals surface area contributed by atoms with Crippen LogP contribution in [0.3, 0.4) is 0 Å². The maximum Gasteiger partial charge on any atom is 0.304 e. The molecule has 0 spiro atoms. The molecule has 106 valence electrons. The van der Waals surface area contributed by atoms with E-state index in [1.165, 1.54) is 4.90 Å². The lowest BCUT2D eigenvalue weighted by Crippen LogP contribution is -2.37. The topological polar surface area (TPSA) is 91.8 Å². The van der Waals surface area contributed by atoms with Crippen molar-refractivity contribution in [2.24, 2.45) is 0 Å². The first-order valence-electron chi connectivity index (χ1n) is 6.02. The van der Waals surface area contributed by atoms with Crippen LogP contribution in [0, 0.1) is 0 Å². The van der Waals surface area contributed by atoms with Gasteiger partial charge in [-0.05, 0) is 12.8 Å². The summed E-state index contributed by atoms with van der Waals surface area (Å²) in [5.41, 5.74) is 0. The molecule has 18 heavy (non-hydrogen) atoms. The maximum absolute atomic E-state index is 11.8. The molecule has 0 fully saturated rings. The van der Waals surface area contributed by atoms with E-state index in [4.69, 9.17) is 5.11 Å². The molecule has 6 nitrogen and oxygen atoms in total. The van der Waals surface area contributed by atoms with Crippen LogP contribution >= 0.6 is 0 Å². The summed E-state index contributed by atoms with van der Waals surface area (Å²) in [5, 5.41) is 8.43. The Morgan fingerprint density at radius 2 is 1.61 bits per heavy atom. The van der Waals surface area contributed by atoms with Gasteiger partial charge in [-0.3, -0.25) is 9.59 Å². The normalized spacial score (nSPS) is 11.2. The highest BCUT2D eigenvalue weighted by Gasteiger charge is 2.21. The van der Waals surface area contributed by atoms with Crippen LogP contribution < -0.4 is 0 Å². The fourth-order valence-electron chi connectivity index (χ4n) is 1.50. The second-order valence-electron chi connectivity index (χ2n) is 4.12. The minimum Gasteiger partial charge on any atom is -0.481 e. The predicted molar refractivity (Wildman–Crippen MR) is 68.1 cm³/mol. The molecule has 0 unspecified atom stereocenters. The van der Waals surface area contributed by atoms with Crippen molar-refractivity contribution in [3.05, 3.63) is 0 Å². The second-order valence-corrected chi connectivity index (χ2v) is 6.30. The van der Waals surface area contributed by atoms with Crippen LogP contribution in [0.25, 0.3) is 0 Å². The van der Waals surface area contributed by atoms with Gasteiger partial charge in [-0.1, -0.05) is 13.8 Å². The summed E-state index contributed by atoms with van der Waals surface area (Å²) in [6.07, 6.45) is 1.07. The first-order chi connectivity index (χ1) is 8.32. The summed E-state index contributed by atoms with van der Waals surface area (Å²) >= 11 is 0. The zero-order chi connectivity index (χ0) is 14.2. The highest BCUT2D eigenvalue weighted by atomic mass is 32.2. The highest BCUT2D eigenvalue weighted by molar-refractivity contribution is 7.92. The number of carbonyl (C=O) groups is 2. The number of carbonyl (C=O) groups excluding carboxylic acids is 1. The standard InChI is InChI=1S/C11H21NO5S/c1-3-6-12(7-4-2)10(13)9-18(16,17)8-5-11(14)15/h3-9H2,1-2H3,(H,14,15). The van der Waals surface area contributed by atoms with E-state index in [9.17, 15) is 18.0 Å². The minimum absolute atomic E-state index is 0.441. The summed E-state index contributed by atoms with van der Waals surface area (Å²) in [5.74, 6) is -2.70. The van der Waals surface area contributed by atoms with E-state index in [-0.39, 0.29) is 0 Å². The van der Waals surface area contributed by atoms with Crippen molar-refractivity contribution in [2.45, 2.75) is 33.1 Å². The van der Waals surface area contributed by atoms with Crippen LogP contribution in [-0.4, -0.2) is 54.9 Å². The Bertz CT molecular complexity index is 371. The van der Waals surface area contributed by atoms with Gasteiger partial charge < -0.3 is 10.0 Å². The second kappa shape index (κ2) is 8.07. The summed E-state index contributed by atoms with van der Waals surface area (Å²) < 4.78 is 23.1. The predicted octanol–water partition coefficient (Wildman–Crippen LogP) is 0.524. The smallest absolute Gasteiger partial charge is 0.304 e. The molecule has 0 saturated carbocycles. The van der Waals surface area contributed by atoms with Crippen LogP contribution in [0.5, 0.6) is 0 Å². The summed E-state index contributed by atoms with van der Waals surface area (Å²) in [6, 6.07) is 0. The number of nitrogens with zero attached hydrogens (tertiary/aromatic N) is 1. The van der Waals surface area contributed by atoms with Gasteiger partial charge in [0.1, 0.15) is 5.75 Å². The van der Waals surface area contributed by atoms with Gasteiger partial charge in [-0.15, -0.1) is 0 Å². The van der Waals surface area contributed by atoms with Gasteiger partial charge in [0, 0.05) is 13.1 Å². The van der Waals surface area contributed by atoms with E-state index in [0.717, 1.165) is 12.8 Å². The number of hydrogen-bond donors (Lipinski definition) is 1. The van der Waals surface area contributed by atoms with E-state index in [1.54, 1.807) is 0 Å². The van der Waals surface area contributed by atoms with Crippen LogP contribution in [0.4, 0.5) is 0 Å². The van der Waals surface area contributed by atoms with Crippen LogP contribution in [-0.2, 0) is 19.4 Å². The molecule has 7 heteroatoms. The molecule has 1 amide bonds. The van der Waals surface area contributed by atoms with E-state index in [0.29, 0.717) is 13.1 Å². The summed E-state index contributed by atoms with van der Waals surface area (Å²) in [4.78, 5) is 23.6. The Hall–Kier alpha value is -1.11. The van der Waals surface area contributed by atoms with Crippen LogP contribution in [0.1, 0.15) is 33.1 Å². The number of carboxylic acids is 1. The third-order valence-corrected chi connectivity index (χ3v) is 3.82. The lowest BCUT2D eigenvalue weighted by molar-refractivity contribution is -0.136. The number of hydrogen-bond acceptors (Lipinski definition) is 4. The Morgan fingerprint density at radius 3 is 2.00 bits per heavy atom. The molecule has 0 radical (unpaired) electrons. The zero-order valence-corrected chi connectivity index (χ0v) is 11.7. The van der Waals surface area contributed by atoms with Gasteiger partial charge in [0.25, 0.3) is 0 Å². The van der Waals surface area contributed by atoms with E-state index in [1.807, 2.05) is 13.8 Å². The molecule has 0 bridgehead atoms. The van der Waals surface area contributed by atoms with Crippen molar-refractivity contribution in [3.8, 4) is 0 Å². The zero-order valence-electron chi connectivity index (χ0n) is 10.9. The van der Waals surface area contributed by atoms with E-state index in [2.05, 4.69) is 0 Å². The molecule has 0 atom stereocenters. The van der Waals surface area contributed by atoms with Crippen LogP contribution in [0.15, 0.2) is 0 Å². The molecule has 0 rings (SSSR count). The Labute approximate surface area is 108 Å². The number of rotatable bonds is 9. The van der Waals surface area contributed by atoms with E-state index < -0.39 is 39.6 Å². The quantitative estimate of drug-likeness (QED) is 0.664. The highest BCUT2D eigenvalue weighted by Crippen LogP contribution is 2.01. The average molecular weight is 279 g/mol. The molecule has 0 aliphatic heterocycles. The minimum atomic E-state index is -3.63. The lowest BCUT2D eigenvalue weighted by atomic mass is 10.3. The molecule has 0 aromatic rings.